The van der Waals surface area contributed by atoms with Crippen molar-refractivity contribution < 1.29 is 61.8 Å². The zero-order valence-electron chi connectivity index (χ0n) is 17.8. The molecule has 1 aromatic heterocycles. The Bertz CT molecular complexity index is 2010. The van der Waals surface area contributed by atoms with E-state index in [2.05, 4.69) is 9.98 Å². The van der Waals surface area contributed by atoms with Gasteiger partial charge in [0, 0.05) is 56.8 Å². The summed E-state index contributed by atoms with van der Waals surface area (Å²) in [5.74, 6) is -2.31. The number of fused-ring (bicyclic) bond motifs is 2. The van der Waals surface area contributed by atoms with Gasteiger partial charge in [0.15, 0.2) is 5.75 Å². The molecule has 2 heterocycles. The van der Waals surface area contributed by atoms with Gasteiger partial charge in [-0.25, -0.2) is 4.99 Å². The number of hydrogen-bond acceptors (Lipinski definition) is 11. The smallest absolute Gasteiger partial charge is 0.296 e. The van der Waals surface area contributed by atoms with Crippen LogP contribution in [0.1, 0.15) is 16.1 Å². The van der Waals surface area contributed by atoms with Crippen molar-refractivity contribution in [2.75, 3.05) is 0 Å². The number of nitrogens with one attached hydrogen (secondary N) is 1. The van der Waals surface area contributed by atoms with Crippen molar-refractivity contribution in [2.24, 2.45) is 4.99 Å². The van der Waals surface area contributed by atoms with E-state index in [1.807, 2.05) is 0 Å². The van der Waals surface area contributed by atoms with Gasteiger partial charge < -0.3 is 10.1 Å². The maximum atomic E-state index is 13.0. The summed E-state index contributed by atoms with van der Waals surface area (Å²) in [5, 5.41) is 9.97. The van der Waals surface area contributed by atoms with Gasteiger partial charge in [-0.05, 0) is 24.3 Å². The van der Waals surface area contributed by atoms with E-state index in [9.17, 15) is 61.8 Å². The van der Waals surface area contributed by atoms with E-state index in [1.54, 1.807) is 0 Å². The van der Waals surface area contributed by atoms with Gasteiger partial charge in [0.1, 0.15) is 21.2 Å². The molecular formula is C16H10KN2O14S4. The molecular weight excluding hydrogens is 612 g/mol. The summed E-state index contributed by atoms with van der Waals surface area (Å²) in [4.78, 5) is 14.4. The molecule has 0 atom stereocenters. The van der Waals surface area contributed by atoms with Crippen LogP contribution in [-0.4, -0.2) is 125 Å². The first kappa shape index (κ1) is 29.9. The molecule has 0 aliphatic carbocycles. The first-order valence-electron chi connectivity index (χ1n) is 8.81. The summed E-state index contributed by atoms with van der Waals surface area (Å²) >= 11 is 0. The molecule has 4 rings (SSSR count). The summed E-state index contributed by atoms with van der Waals surface area (Å²) in [6.07, 6.45) is 0. The number of benzene rings is 2. The second-order valence-corrected chi connectivity index (χ2v) is 12.8. The standard InChI is InChI=1S/C16H10N2O14S4.K/c19-15-7-1-5(33(21,22)23)3-9(35(27,28)29)11(7)17-13(15)14-16(20)8-2-6(34(24,25)26)4-10(12(8)18-14)36(30,31)32;/h1-4,17,19H,(H,21,22,23)(H,24,25,26)(H,27,28,29)(H,30,31,32);. The molecule has 0 saturated heterocycles. The number of carbonyl (C=O) groups is 1. The first-order chi connectivity index (χ1) is 16.2. The third-order valence-corrected chi connectivity index (χ3v) is 8.35. The van der Waals surface area contributed by atoms with Crippen molar-refractivity contribution in [3.8, 4) is 5.75 Å². The van der Waals surface area contributed by atoms with Crippen molar-refractivity contribution in [1.82, 2.24) is 4.98 Å². The second-order valence-electron chi connectivity index (χ2n) is 7.20. The molecule has 1 radical (unpaired) electrons. The normalized spacial score (nSPS) is 14.4. The molecule has 0 spiro atoms. The van der Waals surface area contributed by atoms with Crippen LogP contribution in [0.25, 0.3) is 10.9 Å². The largest absolute Gasteiger partial charge is 0.505 e. The molecule has 1 aliphatic rings. The molecule has 16 nitrogen and oxygen atoms in total. The van der Waals surface area contributed by atoms with Crippen molar-refractivity contribution in [2.45, 2.75) is 19.6 Å². The number of carbonyl (C=O) groups excluding carboxylic acids is 1. The van der Waals surface area contributed by atoms with Crippen molar-refractivity contribution in [3.05, 3.63) is 35.5 Å². The third-order valence-electron chi connectivity index (χ3n) is 4.94. The number of hydrogen-bond donors (Lipinski definition) is 6. The van der Waals surface area contributed by atoms with E-state index < -0.39 is 105 Å². The first-order valence-corrected chi connectivity index (χ1v) is 14.6. The van der Waals surface area contributed by atoms with E-state index in [4.69, 9.17) is 0 Å². The van der Waals surface area contributed by atoms with Gasteiger partial charge in [0.25, 0.3) is 40.5 Å². The second kappa shape index (κ2) is 9.25. The van der Waals surface area contributed by atoms with Crippen molar-refractivity contribution in [1.29, 1.82) is 0 Å². The number of aromatic hydroxyl groups is 1. The minimum absolute atomic E-state index is 0. The molecule has 193 valence electrons. The van der Waals surface area contributed by atoms with Crippen LogP contribution in [0.2, 0.25) is 0 Å². The Hall–Kier alpha value is -1.60. The fraction of sp³-hybridized carbons (Fsp3) is 0. The predicted molar refractivity (Wildman–Crippen MR) is 122 cm³/mol. The van der Waals surface area contributed by atoms with E-state index in [0.717, 1.165) is 0 Å². The number of aromatic amines is 1. The van der Waals surface area contributed by atoms with Gasteiger partial charge in [0.2, 0.25) is 5.78 Å². The molecule has 3 aromatic rings. The van der Waals surface area contributed by atoms with Crippen LogP contribution in [0.4, 0.5) is 5.69 Å². The van der Waals surface area contributed by atoms with Gasteiger partial charge in [-0.15, -0.1) is 0 Å². The Kier molecular flexibility index (Phi) is 7.49. The molecule has 2 aromatic carbocycles. The Labute approximate surface area is 249 Å². The average Bonchev–Trinajstić information content (AvgIpc) is 3.21. The molecule has 0 bridgehead atoms. The monoisotopic (exact) mass is 621 g/mol. The molecule has 0 saturated carbocycles. The fourth-order valence-corrected chi connectivity index (χ4v) is 6.01. The fourth-order valence-electron chi connectivity index (χ4n) is 3.42. The molecule has 1 aliphatic heterocycles. The summed E-state index contributed by atoms with van der Waals surface area (Å²) in [5.41, 5.74) is -3.81. The minimum Gasteiger partial charge on any atom is -0.505 e. The summed E-state index contributed by atoms with van der Waals surface area (Å²) in [6.45, 7) is 0. The van der Waals surface area contributed by atoms with Crippen LogP contribution in [0.15, 0.2) is 48.8 Å². The van der Waals surface area contributed by atoms with Crippen LogP contribution in [0, 0.1) is 0 Å². The van der Waals surface area contributed by atoms with Gasteiger partial charge in [-0.1, -0.05) is 0 Å². The van der Waals surface area contributed by atoms with E-state index in [0.29, 0.717) is 24.3 Å². The quantitative estimate of drug-likeness (QED) is 0.159. The van der Waals surface area contributed by atoms with Gasteiger partial charge in [-0.2, -0.15) is 33.7 Å². The van der Waals surface area contributed by atoms with Gasteiger partial charge in [-0.3, -0.25) is 23.0 Å². The zero-order chi connectivity index (χ0) is 27.2. The molecule has 0 amide bonds. The number of Topliss-reactive ketones (excluding diaryl/α,β-unsaturated/α-hetero) is 1. The third kappa shape index (κ3) is 5.32. The molecule has 0 unspecified atom stereocenters. The Morgan fingerprint density at radius 1 is 0.703 bits per heavy atom. The van der Waals surface area contributed by atoms with Crippen LogP contribution in [-0.2, 0) is 40.5 Å². The number of H-pyrrole nitrogens is 1. The van der Waals surface area contributed by atoms with Crippen LogP contribution in [0.3, 0.4) is 0 Å². The SMILES string of the molecule is O=C1C(c2[nH]c3c(S(=O)(=O)O)cc(S(=O)(=O)O)cc3c2O)=Nc2c1cc(S(=O)(=O)O)cc2S(=O)(=O)O.[K]. The maximum Gasteiger partial charge on any atom is 0.296 e. The summed E-state index contributed by atoms with van der Waals surface area (Å²) < 4.78 is 131. The van der Waals surface area contributed by atoms with E-state index >= 15 is 0 Å². The average molecular weight is 622 g/mol. The summed E-state index contributed by atoms with van der Waals surface area (Å²) in [7, 11) is -20.6. The van der Waals surface area contributed by atoms with Crippen LogP contribution >= 0.6 is 0 Å². The Morgan fingerprint density at radius 2 is 1.19 bits per heavy atom. The van der Waals surface area contributed by atoms with Gasteiger partial charge in [0.05, 0.1) is 26.6 Å². The number of aromatic nitrogens is 1. The molecule has 21 heteroatoms. The predicted octanol–water partition coefficient (Wildman–Crippen LogP) is -0.203. The van der Waals surface area contributed by atoms with Crippen LogP contribution in [0.5, 0.6) is 5.75 Å². The molecule has 0 fully saturated rings. The molecule has 6 N–H and O–H groups in total. The Morgan fingerprint density at radius 3 is 1.68 bits per heavy atom. The number of rotatable bonds is 5. The number of ketones is 1. The Balaban J connectivity index is 0.00000380. The number of aliphatic imine (C=N–C) groups is 1. The van der Waals surface area contributed by atoms with E-state index in [-0.39, 0.29) is 51.4 Å². The molecule has 37 heavy (non-hydrogen) atoms. The van der Waals surface area contributed by atoms with E-state index in [1.165, 1.54) is 0 Å². The van der Waals surface area contributed by atoms with Crippen LogP contribution < -0.4 is 0 Å². The topological polar surface area (TPSA) is 283 Å². The maximum absolute atomic E-state index is 13.0. The van der Waals surface area contributed by atoms with Crippen molar-refractivity contribution >= 4 is 120 Å². The van der Waals surface area contributed by atoms with Crippen molar-refractivity contribution in [3.63, 3.8) is 0 Å². The summed E-state index contributed by atoms with van der Waals surface area (Å²) in [6, 6.07) is 1.76. The van der Waals surface area contributed by atoms with Gasteiger partial charge >= 0.3 is 0 Å². The zero-order valence-corrected chi connectivity index (χ0v) is 24.2. The number of nitrogens with zero attached hydrogens (tertiary/aromatic N) is 1. The minimum atomic E-state index is -5.24.